The summed E-state index contributed by atoms with van der Waals surface area (Å²) >= 11 is 0. The first-order valence-electron chi connectivity index (χ1n) is 12.3. The molecule has 3 rings (SSSR count). The third-order valence-corrected chi connectivity index (χ3v) is 6.63. The van der Waals surface area contributed by atoms with E-state index in [4.69, 9.17) is 9.47 Å². The van der Waals surface area contributed by atoms with Crippen LogP contribution in [0.4, 0.5) is 9.18 Å². The van der Waals surface area contributed by atoms with Gasteiger partial charge in [0.15, 0.2) is 0 Å². The van der Waals surface area contributed by atoms with Gasteiger partial charge in [-0.25, -0.2) is 9.18 Å². The average molecular weight is 449 g/mol. The van der Waals surface area contributed by atoms with Crippen molar-refractivity contribution in [3.05, 3.63) is 30.1 Å². The number of nitrogens with zero attached hydrogens (tertiary/aromatic N) is 2. The second-order valence-electron chi connectivity index (χ2n) is 10.9. The fraction of sp³-hybridized carbons (Fsp3) is 0.769. The van der Waals surface area contributed by atoms with E-state index in [-0.39, 0.29) is 18.2 Å². The van der Waals surface area contributed by atoms with Gasteiger partial charge in [-0.3, -0.25) is 9.88 Å². The highest BCUT2D eigenvalue weighted by Crippen LogP contribution is 2.41. The molecule has 0 radical (unpaired) electrons. The number of halogens is 1. The van der Waals surface area contributed by atoms with E-state index >= 15 is 0 Å². The third kappa shape index (κ3) is 6.66. The van der Waals surface area contributed by atoms with Gasteiger partial charge >= 0.3 is 6.09 Å². The minimum Gasteiger partial charge on any atom is -0.444 e. The molecule has 5 nitrogen and oxygen atoms in total. The maximum atomic E-state index is 14.6. The molecule has 1 amide bonds. The van der Waals surface area contributed by atoms with Crippen molar-refractivity contribution in [1.82, 2.24) is 9.88 Å². The van der Waals surface area contributed by atoms with Crippen molar-refractivity contribution in [1.29, 1.82) is 0 Å². The molecule has 1 aromatic rings. The normalized spacial score (nSPS) is 25.0. The first-order valence-corrected chi connectivity index (χ1v) is 12.3. The number of hydrogen-bond donors (Lipinski definition) is 0. The molecule has 2 heterocycles. The molecule has 1 saturated carbocycles. The number of rotatable bonds is 7. The van der Waals surface area contributed by atoms with E-state index < -0.39 is 17.5 Å². The van der Waals surface area contributed by atoms with E-state index in [9.17, 15) is 9.18 Å². The zero-order valence-corrected chi connectivity index (χ0v) is 20.5. The molecule has 0 spiro atoms. The number of hydrogen-bond acceptors (Lipinski definition) is 4. The smallest absolute Gasteiger partial charge is 0.412 e. The van der Waals surface area contributed by atoms with Gasteiger partial charge in [-0.15, -0.1) is 0 Å². The van der Waals surface area contributed by atoms with Gasteiger partial charge in [-0.05, 0) is 78.4 Å². The predicted molar refractivity (Wildman–Crippen MR) is 124 cm³/mol. The SMILES string of the molecule is CC(C)(C)OC(=O)N1C(CC2CCCCC2)C(CCCC(F)c2ccccn2)OC1(C)C. The molecule has 0 aromatic carbocycles. The second kappa shape index (κ2) is 10.5. The van der Waals surface area contributed by atoms with E-state index in [1.807, 2.05) is 45.6 Å². The highest BCUT2D eigenvalue weighted by molar-refractivity contribution is 5.70. The van der Waals surface area contributed by atoms with Gasteiger partial charge in [0.05, 0.1) is 17.8 Å². The Labute approximate surface area is 193 Å². The average Bonchev–Trinajstić information content (AvgIpc) is 2.97. The van der Waals surface area contributed by atoms with Crippen molar-refractivity contribution in [2.75, 3.05) is 0 Å². The highest BCUT2D eigenvalue weighted by Gasteiger charge is 2.51. The van der Waals surface area contributed by atoms with Crippen LogP contribution in [0.3, 0.4) is 0 Å². The lowest BCUT2D eigenvalue weighted by Crippen LogP contribution is -2.50. The topological polar surface area (TPSA) is 51.7 Å². The minimum atomic E-state index is -1.08. The monoisotopic (exact) mass is 448 g/mol. The van der Waals surface area contributed by atoms with Gasteiger partial charge in [0, 0.05) is 6.20 Å². The zero-order chi connectivity index (χ0) is 23.4. The molecule has 2 aliphatic rings. The van der Waals surface area contributed by atoms with E-state index in [2.05, 4.69) is 4.98 Å². The van der Waals surface area contributed by atoms with Gasteiger partial charge in [-0.1, -0.05) is 38.2 Å². The Morgan fingerprint density at radius 1 is 1.28 bits per heavy atom. The van der Waals surface area contributed by atoms with Crippen molar-refractivity contribution in [2.24, 2.45) is 5.92 Å². The Morgan fingerprint density at radius 3 is 2.62 bits per heavy atom. The van der Waals surface area contributed by atoms with Crippen LogP contribution in [-0.4, -0.2) is 39.4 Å². The molecule has 1 aliphatic heterocycles. The molecule has 3 unspecified atom stereocenters. The Kier molecular flexibility index (Phi) is 8.18. The van der Waals surface area contributed by atoms with Crippen molar-refractivity contribution >= 4 is 6.09 Å². The first kappa shape index (κ1) is 24.9. The third-order valence-electron chi connectivity index (χ3n) is 6.63. The second-order valence-corrected chi connectivity index (χ2v) is 10.9. The summed E-state index contributed by atoms with van der Waals surface area (Å²) in [6.45, 7) is 9.55. The number of pyridine rings is 1. The summed E-state index contributed by atoms with van der Waals surface area (Å²) < 4.78 is 26.8. The van der Waals surface area contributed by atoms with Crippen LogP contribution in [0.2, 0.25) is 0 Å². The summed E-state index contributed by atoms with van der Waals surface area (Å²) in [5, 5.41) is 0. The number of ether oxygens (including phenoxy) is 2. The Hall–Kier alpha value is -1.69. The number of amides is 1. The van der Waals surface area contributed by atoms with Gasteiger partial charge in [-0.2, -0.15) is 0 Å². The maximum Gasteiger partial charge on any atom is 0.412 e. The molecule has 180 valence electrons. The maximum absolute atomic E-state index is 14.6. The lowest BCUT2D eigenvalue weighted by molar-refractivity contribution is -0.0803. The van der Waals surface area contributed by atoms with Crippen molar-refractivity contribution in [2.45, 2.75) is 122 Å². The lowest BCUT2D eigenvalue weighted by Gasteiger charge is -2.37. The molecule has 0 bridgehead atoms. The van der Waals surface area contributed by atoms with Crippen LogP contribution in [-0.2, 0) is 9.47 Å². The van der Waals surface area contributed by atoms with Crippen LogP contribution in [0.25, 0.3) is 0 Å². The van der Waals surface area contributed by atoms with Gasteiger partial charge in [0.2, 0.25) is 0 Å². The molecule has 3 atom stereocenters. The van der Waals surface area contributed by atoms with Crippen molar-refractivity contribution < 1.29 is 18.7 Å². The fourth-order valence-corrected chi connectivity index (χ4v) is 5.22. The molecule has 2 fully saturated rings. The molecule has 1 saturated heterocycles. The summed E-state index contributed by atoms with van der Waals surface area (Å²) in [5.74, 6) is 0.598. The zero-order valence-electron chi connectivity index (χ0n) is 20.5. The number of carbonyl (C=O) groups excluding carboxylic acids is 1. The molecule has 1 aromatic heterocycles. The quantitative estimate of drug-likeness (QED) is 0.452. The molecule has 0 N–H and O–H groups in total. The first-order chi connectivity index (χ1) is 15.1. The molecule has 6 heteroatoms. The molecule has 1 aliphatic carbocycles. The largest absolute Gasteiger partial charge is 0.444 e. The van der Waals surface area contributed by atoms with Crippen LogP contribution < -0.4 is 0 Å². The molecular formula is C26H41FN2O3. The van der Waals surface area contributed by atoms with Crippen LogP contribution in [0.15, 0.2) is 24.4 Å². The van der Waals surface area contributed by atoms with Crippen LogP contribution in [0, 0.1) is 5.92 Å². The predicted octanol–water partition coefficient (Wildman–Crippen LogP) is 6.97. The number of alkyl halides is 1. The summed E-state index contributed by atoms with van der Waals surface area (Å²) in [5.41, 5.74) is -0.831. The van der Waals surface area contributed by atoms with Crippen LogP contribution >= 0.6 is 0 Å². The lowest BCUT2D eigenvalue weighted by atomic mass is 9.83. The van der Waals surface area contributed by atoms with Gasteiger partial charge in [0.25, 0.3) is 0 Å². The highest BCUT2D eigenvalue weighted by atomic mass is 19.1. The molecule has 32 heavy (non-hydrogen) atoms. The fourth-order valence-electron chi connectivity index (χ4n) is 5.22. The van der Waals surface area contributed by atoms with Crippen molar-refractivity contribution in [3.8, 4) is 0 Å². The standard InChI is InChI=1S/C26H41FN2O3/c1-25(2,3)32-24(30)29-22(18-19-12-7-6-8-13-19)23(31-26(29,4)5)16-11-14-20(27)21-15-9-10-17-28-21/h9-10,15,17,19-20,22-23H,6-8,11-14,16,18H2,1-5H3. The summed E-state index contributed by atoms with van der Waals surface area (Å²) in [6.07, 6.45) is 9.07. The summed E-state index contributed by atoms with van der Waals surface area (Å²) in [4.78, 5) is 19.2. The Balaban J connectivity index is 1.69. The molecular weight excluding hydrogens is 407 g/mol. The summed E-state index contributed by atoms with van der Waals surface area (Å²) in [7, 11) is 0. The minimum absolute atomic E-state index is 0.0455. The van der Waals surface area contributed by atoms with E-state index in [1.54, 1.807) is 18.3 Å². The van der Waals surface area contributed by atoms with Gasteiger partial charge < -0.3 is 9.47 Å². The van der Waals surface area contributed by atoms with Crippen molar-refractivity contribution in [3.63, 3.8) is 0 Å². The number of aromatic nitrogens is 1. The summed E-state index contributed by atoms with van der Waals surface area (Å²) in [6, 6.07) is 5.30. The van der Waals surface area contributed by atoms with E-state index in [0.29, 0.717) is 30.9 Å². The van der Waals surface area contributed by atoms with Gasteiger partial charge in [0.1, 0.15) is 17.5 Å². The van der Waals surface area contributed by atoms with E-state index in [0.717, 1.165) is 6.42 Å². The van der Waals surface area contributed by atoms with E-state index in [1.165, 1.54) is 32.1 Å². The number of carbonyl (C=O) groups is 1. The van der Waals surface area contributed by atoms with Crippen LogP contribution in [0.5, 0.6) is 0 Å². The Bertz CT molecular complexity index is 728. The van der Waals surface area contributed by atoms with Crippen LogP contribution in [0.1, 0.15) is 104 Å². The Morgan fingerprint density at radius 2 is 2.00 bits per heavy atom.